The van der Waals surface area contributed by atoms with Crippen molar-refractivity contribution < 1.29 is 9.21 Å². The molecular weight excluding hydrogens is 332 g/mol. The number of aromatic nitrogens is 1. The van der Waals surface area contributed by atoms with Gasteiger partial charge in [0.15, 0.2) is 0 Å². The van der Waals surface area contributed by atoms with E-state index < -0.39 is 0 Å². The summed E-state index contributed by atoms with van der Waals surface area (Å²) in [5, 5.41) is 1.14. The van der Waals surface area contributed by atoms with Crippen LogP contribution < -0.4 is 0 Å². The van der Waals surface area contributed by atoms with E-state index in [-0.39, 0.29) is 5.91 Å². The zero-order valence-electron chi connectivity index (χ0n) is 14.1. The summed E-state index contributed by atoms with van der Waals surface area (Å²) in [5.74, 6) is 1.93. The van der Waals surface area contributed by atoms with Crippen LogP contribution in [0.4, 0.5) is 0 Å². The minimum Gasteiger partial charge on any atom is -0.462 e. The highest BCUT2D eigenvalue weighted by Crippen LogP contribution is 2.33. The second-order valence-corrected chi connectivity index (χ2v) is 7.49. The van der Waals surface area contributed by atoms with Crippen LogP contribution in [0.2, 0.25) is 0 Å². The third-order valence-corrected chi connectivity index (χ3v) is 5.74. The third-order valence-electron chi connectivity index (χ3n) is 4.54. The number of aryl methyl sites for hydroxylation is 1. The summed E-state index contributed by atoms with van der Waals surface area (Å²) in [5.41, 5.74) is 1.05. The Balaban J connectivity index is 1.46. The number of hydrogen-bond donors (Lipinski definition) is 0. The summed E-state index contributed by atoms with van der Waals surface area (Å²) in [6.45, 7) is 3.44. The molecule has 0 spiro atoms. The molecule has 1 aromatic carbocycles. The predicted octanol–water partition coefficient (Wildman–Crippen LogP) is 4.62. The molecule has 25 heavy (non-hydrogen) atoms. The second-order valence-electron chi connectivity index (χ2n) is 6.42. The van der Waals surface area contributed by atoms with Crippen LogP contribution in [0.25, 0.3) is 16.3 Å². The summed E-state index contributed by atoms with van der Waals surface area (Å²) in [7, 11) is 0. The first kappa shape index (κ1) is 16.1. The Hall–Kier alpha value is -2.40. The number of piperidine rings is 1. The summed E-state index contributed by atoms with van der Waals surface area (Å²) in [4.78, 5) is 19.2. The van der Waals surface area contributed by atoms with Crippen LogP contribution in [0.3, 0.4) is 0 Å². The Morgan fingerprint density at radius 2 is 2.20 bits per heavy atom. The molecule has 1 aliphatic rings. The summed E-state index contributed by atoms with van der Waals surface area (Å²) < 4.78 is 6.70. The first-order valence-corrected chi connectivity index (χ1v) is 9.39. The van der Waals surface area contributed by atoms with Crippen molar-refractivity contribution >= 4 is 33.5 Å². The molecule has 128 valence electrons. The normalized spacial score (nSPS) is 18.3. The van der Waals surface area contributed by atoms with Crippen molar-refractivity contribution in [2.75, 3.05) is 13.1 Å². The highest BCUT2D eigenvalue weighted by molar-refractivity contribution is 7.18. The standard InChI is InChI=1S/C20H20N2O2S/c1-14-8-9-16(24-14)10-11-19(23)22-12-4-5-15(13-22)20-21-17-6-2-3-7-18(17)25-20/h2-3,6-11,15H,4-5,12-13H2,1H3/b11-10+. The van der Waals surface area contributed by atoms with Gasteiger partial charge in [0.25, 0.3) is 0 Å². The molecule has 3 heterocycles. The molecule has 4 nitrogen and oxygen atoms in total. The summed E-state index contributed by atoms with van der Waals surface area (Å²) in [6.07, 6.45) is 5.46. The molecule has 0 saturated carbocycles. The van der Waals surface area contributed by atoms with Crippen LogP contribution in [0.1, 0.15) is 35.3 Å². The second kappa shape index (κ2) is 6.84. The highest BCUT2D eigenvalue weighted by atomic mass is 32.1. The molecule has 0 aliphatic carbocycles. The van der Waals surface area contributed by atoms with Crippen molar-refractivity contribution in [1.82, 2.24) is 9.88 Å². The Labute approximate surface area is 150 Å². The number of para-hydroxylation sites is 1. The lowest BCUT2D eigenvalue weighted by molar-refractivity contribution is -0.127. The van der Waals surface area contributed by atoms with Gasteiger partial charge in [0.1, 0.15) is 11.5 Å². The molecule has 0 N–H and O–H groups in total. The number of hydrogen-bond acceptors (Lipinski definition) is 4. The topological polar surface area (TPSA) is 46.3 Å². The monoisotopic (exact) mass is 352 g/mol. The lowest BCUT2D eigenvalue weighted by Gasteiger charge is -2.31. The van der Waals surface area contributed by atoms with Crippen molar-refractivity contribution in [2.45, 2.75) is 25.7 Å². The molecule has 5 heteroatoms. The molecule has 4 rings (SSSR count). The van der Waals surface area contributed by atoms with Gasteiger partial charge < -0.3 is 9.32 Å². The van der Waals surface area contributed by atoms with Crippen molar-refractivity contribution in [2.24, 2.45) is 0 Å². The molecular formula is C20H20N2O2S. The number of rotatable bonds is 3. The quantitative estimate of drug-likeness (QED) is 0.646. The first-order chi connectivity index (χ1) is 12.2. The molecule has 2 aromatic heterocycles. The number of carbonyl (C=O) groups excluding carboxylic acids is 1. The minimum absolute atomic E-state index is 0.0415. The van der Waals surface area contributed by atoms with Gasteiger partial charge >= 0.3 is 0 Å². The molecule has 1 fully saturated rings. The molecule has 1 saturated heterocycles. The number of furan rings is 1. The first-order valence-electron chi connectivity index (χ1n) is 8.58. The average Bonchev–Trinajstić information content (AvgIpc) is 3.25. The average molecular weight is 352 g/mol. The molecule has 1 aliphatic heterocycles. The lowest BCUT2D eigenvalue weighted by Crippen LogP contribution is -2.38. The highest BCUT2D eigenvalue weighted by Gasteiger charge is 2.26. The number of likely N-dealkylation sites (tertiary alicyclic amines) is 1. The molecule has 0 radical (unpaired) electrons. The smallest absolute Gasteiger partial charge is 0.246 e. The van der Waals surface area contributed by atoms with E-state index in [0.29, 0.717) is 11.7 Å². The lowest BCUT2D eigenvalue weighted by atomic mass is 9.98. The van der Waals surface area contributed by atoms with E-state index in [4.69, 9.17) is 9.40 Å². The van der Waals surface area contributed by atoms with E-state index in [1.807, 2.05) is 36.1 Å². The number of carbonyl (C=O) groups is 1. The van der Waals surface area contributed by atoms with Gasteiger partial charge in [-0.25, -0.2) is 4.98 Å². The van der Waals surface area contributed by atoms with Crippen LogP contribution >= 0.6 is 11.3 Å². The maximum absolute atomic E-state index is 12.5. The zero-order chi connectivity index (χ0) is 17.2. The number of thiazole rings is 1. The Bertz CT molecular complexity index is 892. The maximum atomic E-state index is 12.5. The number of amides is 1. The van der Waals surface area contributed by atoms with E-state index in [1.165, 1.54) is 4.70 Å². The SMILES string of the molecule is Cc1ccc(/C=C/C(=O)N2CCCC(c3nc4ccccc4s3)C2)o1. The molecule has 1 amide bonds. The third kappa shape index (κ3) is 3.51. The largest absolute Gasteiger partial charge is 0.462 e. The van der Waals surface area contributed by atoms with Gasteiger partial charge in [-0.05, 0) is 50.1 Å². The number of nitrogens with zero attached hydrogens (tertiary/aromatic N) is 2. The fourth-order valence-electron chi connectivity index (χ4n) is 3.25. The van der Waals surface area contributed by atoms with E-state index in [0.717, 1.165) is 42.2 Å². The van der Waals surface area contributed by atoms with Crippen LogP contribution in [0.15, 0.2) is 46.9 Å². The van der Waals surface area contributed by atoms with Gasteiger partial charge in [0, 0.05) is 25.1 Å². The molecule has 1 unspecified atom stereocenters. The Kier molecular flexibility index (Phi) is 4.40. The van der Waals surface area contributed by atoms with Crippen molar-refractivity contribution in [1.29, 1.82) is 0 Å². The van der Waals surface area contributed by atoms with Gasteiger partial charge in [-0.15, -0.1) is 11.3 Å². The molecule has 0 bridgehead atoms. The van der Waals surface area contributed by atoms with Crippen LogP contribution in [0.5, 0.6) is 0 Å². The number of fused-ring (bicyclic) bond motifs is 1. The van der Waals surface area contributed by atoms with Crippen molar-refractivity contribution in [3.05, 3.63) is 59.0 Å². The fraction of sp³-hybridized carbons (Fsp3) is 0.300. The van der Waals surface area contributed by atoms with E-state index >= 15 is 0 Å². The number of benzene rings is 1. The van der Waals surface area contributed by atoms with Gasteiger partial charge in [-0.3, -0.25) is 4.79 Å². The minimum atomic E-state index is 0.0415. The predicted molar refractivity (Wildman–Crippen MR) is 101 cm³/mol. The van der Waals surface area contributed by atoms with E-state index in [1.54, 1.807) is 23.5 Å². The fourth-order valence-corrected chi connectivity index (χ4v) is 4.34. The Morgan fingerprint density at radius 1 is 1.32 bits per heavy atom. The van der Waals surface area contributed by atoms with Gasteiger partial charge in [-0.2, -0.15) is 0 Å². The van der Waals surface area contributed by atoms with Gasteiger partial charge in [0.05, 0.1) is 15.2 Å². The molecule has 3 aromatic rings. The maximum Gasteiger partial charge on any atom is 0.246 e. The van der Waals surface area contributed by atoms with Gasteiger partial charge in [0.2, 0.25) is 5.91 Å². The van der Waals surface area contributed by atoms with Crippen LogP contribution in [0, 0.1) is 6.92 Å². The van der Waals surface area contributed by atoms with Crippen molar-refractivity contribution in [3.63, 3.8) is 0 Å². The molecule has 1 atom stereocenters. The Morgan fingerprint density at radius 3 is 3.00 bits per heavy atom. The van der Waals surface area contributed by atoms with Crippen LogP contribution in [-0.4, -0.2) is 28.9 Å². The van der Waals surface area contributed by atoms with Gasteiger partial charge in [-0.1, -0.05) is 12.1 Å². The zero-order valence-corrected chi connectivity index (χ0v) is 15.0. The summed E-state index contributed by atoms with van der Waals surface area (Å²) in [6, 6.07) is 12.0. The van der Waals surface area contributed by atoms with Crippen molar-refractivity contribution in [3.8, 4) is 0 Å². The van der Waals surface area contributed by atoms with E-state index in [9.17, 15) is 4.79 Å². The summed E-state index contributed by atoms with van der Waals surface area (Å²) >= 11 is 1.75. The van der Waals surface area contributed by atoms with Crippen LogP contribution in [-0.2, 0) is 4.79 Å². The van der Waals surface area contributed by atoms with E-state index in [2.05, 4.69) is 12.1 Å².